The number of fused-ring (bicyclic) bond motifs is 1. The smallest absolute Gasteiger partial charge is 0.221 e. The average Bonchev–Trinajstić information content (AvgIpc) is 2.45. The zero-order valence-electron chi connectivity index (χ0n) is 13.9. The van der Waals surface area contributed by atoms with Crippen molar-refractivity contribution in [2.45, 2.75) is 20.4 Å². The molecule has 0 aliphatic carbocycles. The molecule has 5 heteroatoms. The van der Waals surface area contributed by atoms with Crippen LogP contribution in [0.5, 0.6) is 0 Å². The van der Waals surface area contributed by atoms with E-state index in [9.17, 15) is 4.79 Å². The number of hydrogen-bond donors (Lipinski definition) is 1. The average molecular weight is 313 g/mol. The predicted octanol–water partition coefficient (Wildman–Crippen LogP) is 2.66. The van der Waals surface area contributed by atoms with Gasteiger partial charge in [-0.1, -0.05) is 13.0 Å². The minimum atomic E-state index is -0.0657. The molecule has 1 saturated heterocycles. The molecule has 0 saturated carbocycles. The molecule has 1 aliphatic rings. The van der Waals surface area contributed by atoms with Crippen molar-refractivity contribution in [1.29, 1.82) is 0 Å². The van der Waals surface area contributed by atoms with Crippen LogP contribution in [-0.4, -0.2) is 42.6 Å². The first kappa shape index (κ1) is 15.9. The minimum absolute atomic E-state index is 0.0657. The predicted molar refractivity (Wildman–Crippen MR) is 91.3 cm³/mol. The maximum atomic E-state index is 11.1. The van der Waals surface area contributed by atoms with Gasteiger partial charge in [-0.05, 0) is 31.3 Å². The number of benzene rings is 1. The van der Waals surface area contributed by atoms with Gasteiger partial charge < -0.3 is 10.1 Å². The van der Waals surface area contributed by atoms with Gasteiger partial charge in [0.25, 0.3) is 0 Å². The maximum absolute atomic E-state index is 11.1. The molecule has 23 heavy (non-hydrogen) atoms. The van der Waals surface area contributed by atoms with Gasteiger partial charge in [-0.15, -0.1) is 0 Å². The molecule has 1 amide bonds. The van der Waals surface area contributed by atoms with E-state index >= 15 is 0 Å². The van der Waals surface area contributed by atoms with Gasteiger partial charge in [0.15, 0.2) is 0 Å². The van der Waals surface area contributed by atoms with Crippen LogP contribution in [0.25, 0.3) is 10.9 Å². The summed E-state index contributed by atoms with van der Waals surface area (Å²) >= 11 is 0. The Morgan fingerprint density at radius 3 is 2.78 bits per heavy atom. The number of aromatic nitrogens is 1. The van der Waals surface area contributed by atoms with Gasteiger partial charge >= 0.3 is 0 Å². The standard InChI is InChI=1S/C18H23N3O2/c1-13(22)19-15-6-7-17-14(8-15)4-5-16(20-17)9-21(3)10-18(2)11-23-12-18/h4-8H,9-12H2,1-3H3,(H,19,22). The van der Waals surface area contributed by atoms with Crippen LogP contribution in [0.3, 0.4) is 0 Å². The molecule has 2 heterocycles. The fraction of sp³-hybridized carbons (Fsp3) is 0.444. The minimum Gasteiger partial charge on any atom is -0.380 e. The number of ether oxygens (including phenoxy) is 1. The number of rotatable bonds is 5. The Kier molecular flexibility index (Phi) is 4.33. The highest BCUT2D eigenvalue weighted by Gasteiger charge is 2.34. The molecular formula is C18H23N3O2. The van der Waals surface area contributed by atoms with E-state index in [1.54, 1.807) is 0 Å². The van der Waals surface area contributed by atoms with Gasteiger partial charge in [-0.25, -0.2) is 0 Å². The fourth-order valence-corrected chi connectivity index (χ4v) is 3.06. The summed E-state index contributed by atoms with van der Waals surface area (Å²) in [6.45, 7) is 7.27. The largest absolute Gasteiger partial charge is 0.380 e. The first-order valence-corrected chi connectivity index (χ1v) is 7.87. The van der Waals surface area contributed by atoms with Crippen molar-refractivity contribution in [1.82, 2.24) is 9.88 Å². The number of carbonyl (C=O) groups is 1. The van der Waals surface area contributed by atoms with Crippen molar-refractivity contribution in [3.05, 3.63) is 36.0 Å². The zero-order valence-corrected chi connectivity index (χ0v) is 13.9. The van der Waals surface area contributed by atoms with Crippen LogP contribution in [0.15, 0.2) is 30.3 Å². The zero-order chi connectivity index (χ0) is 16.4. The van der Waals surface area contributed by atoms with Crippen LogP contribution in [0, 0.1) is 5.41 Å². The number of nitrogens with one attached hydrogen (secondary N) is 1. The normalized spacial score (nSPS) is 16.3. The molecule has 0 atom stereocenters. The van der Waals surface area contributed by atoms with Gasteiger partial charge in [-0.2, -0.15) is 0 Å². The Morgan fingerprint density at radius 2 is 2.13 bits per heavy atom. The lowest BCUT2D eigenvalue weighted by molar-refractivity contribution is -0.114. The van der Waals surface area contributed by atoms with Crippen molar-refractivity contribution in [2.24, 2.45) is 5.41 Å². The SMILES string of the molecule is CC(=O)Nc1ccc2nc(CN(C)CC3(C)COC3)ccc2c1. The summed E-state index contributed by atoms with van der Waals surface area (Å²) in [5.41, 5.74) is 3.08. The molecule has 122 valence electrons. The van der Waals surface area contributed by atoms with E-state index in [0.29, 0.717) is 0 Å². The Labute approximate surface area is 136 Å². The van der Waals surface area contributed by atoms with Gasteiger partial charge in [0.2, 0.25) is 5.91 Å². The molecule has 2 aromatic rings. The molecule has 3 rings (SSSR count). The van der Waals surface area contributed by atoms with E-state index in [1.807, 2.05) is 18.2 Å². The first-order chi connectivity index (χ1) is 10.9. The Hall–Kier alpha value is -1.98. The number of anilines is 1. The molecule has 0 radical (unpaired) electrons. The van der Waals surface area contributed by atoms with E-state index in [0.717, 1.165) is 48.6 Å². The summed E-state index contributed by atoms with van der Waals surface area (Å²) < 4.78 is 5.31. The monoisotopic (exact) mass is 313 g/mol. The van der Waals surface area contributed by atoms with Crippen LogP contribution in [-0.2, 0) is 16.1 Å². The third-order valence-corrected chi connectivity index (χ3v) is 4.05. The van der Waals surface area contributed by atoms with E-state index in [-0.39, 0.29) is 11.3 Å². The number of amides is 1. The quantitative estimate of drug-likeness (QED) is 0.922. The summed E-state index contributed by atoms with van der Waals surface area (Å²) in [6, 6.07) is 9.90. The summed E-state index contributed by atoms with van der Waals surface area (Å²) in [7, 11) is 2.12. The lowest BCUT2D eigenvalue weighted by atomic mass is 9.88. The van der Waals surface area contributed by atoms with Crippen molar-refractivity contribution in [3.8, 4) is 0 Å². The molecule has 1 aromatic carbocycles. The van der Waals surface area contributed by atoms with E-state index in [2.05, 4.69) is 36.3 Å². The molecule has 1 fully saturated rings. The highest BCUT2D eigenvalue weighted by atomic mass is 16.5. The van der Waals surface area contributed by atoms with Crippen molar-refractivity contribution in [3.63, 3.8) is 0 Å². The van der Waals surface area contributed by atoms with Crippen molar-refractivity contribution >= 4 is 22.5 Å². The van der Waals surface area contributed by atoms with Crippen LogP contribution in [0.4, 0.5) is 5.69 Å². The van der Waals surface area contributed by atoms with Crippen LogP contribution >= 0.6 is 0 Å². The molecule has 0 bridgehead atoms. The molecule has 5 nitrogen and oxygen atoms in total. The van der Waals surface area contributed by atoms with Gasteiger partial charge in [0, 0.05) is 36.5 Å². The highest BCUT2D eigenvalue weighted by molar-refractivity contribution is 5.92. The third-order valence-electron chi connectivity index (χ3n) is 4.05. The number of hydrogen-bond acceptors (Lipinski definition) is 4. The fourth-order valence-electron chi connectivity index (χ4n) is 3.06. The first-order valence-electron chi connectivity index (χ1n) is 7.87. The summed E-state index contributed by atoms with van der Waals surface area (Å²) in [5, 5.41) is 3.83. The van der Waals surface area contributed by atoms with Crippen molar-refractivity contribution < 1.29 is 9.53 Å². The van der Waals surface area contributed by atoms with E-state index in [1.165, 1.54) is 6.92 Å². The Bertz CT molecular complexity index is 725. The van der Waals surface area contributed by atoms with Gasteiger partial charge in [0.1, 0.15) is 0 Å². The van der Waals surface area contributed by atoms with Crippen LogP contribution in [0.2, 0.25) is 0 Å². The maximum Gasteiger partial charge on any atom is 0.221 e. The second-order valence-electron chi connectivity index (χ2n) is 6.87. The Balaban J connectivity index is 1.71. The number of carbonyl (C=O) groups excluding carboxylic acids is 1. The number of pyridine rings is 1. The van der Waals surface area contributed by atoms with Crippen molar-refractivity contribution in [2.75, 3.05) is 32.1 Å². The lowest BCUT2D eigenvalue weighted by Crippen LogP contribution is -2.47. The van der Waals surface area contributed by atoms with E-state index in [4.69, 9.17) is 9.72 Å². The molecule has 0 unspecified atom stereocenters. The van der Waals surface area contributed by atoms with Crippen LogP contribution < -0.4 is 5.32 Å². The second kappa shape index (κ2) is 6.26. The highest BCUT2D eigenvalue weighted by Crippen LogP contribution is 2.27. The summed E-state index contributed by atoms with van der Waals surface area (Å²) in [6.07, 6.45) is 0. The summed E-state index contributed by atoms with van der Waals surface area (Å²) in [4.78, 5) is 18.1. The molecule has 1 aromatic heterocycles. The number of nitrogens with zero attached hydrogens (tertiary/aromatic N) is 2. The lowest BCUT2D eigenvalue weighted by Gasteiger charge is -2.40. The second-order valence-corrected chi connectivity index (χ2v) is 6.87. The Morgan fingerprint density at radius 1 is 1.35 bits per heavy atom. The molecule has 1 N–H and O–H groups in total. The third kappa shape index (κ3) is 3.86. The molecular weight excluding hydrogens is 290 g/mol. The van der Waals surface area contributed by atoms with E-state index < -0.39 is 0 Å². The molecule has 0 spiro atoms. The van der Waals surface area contributed by atoms with Crippen LogP contribution in [0.1, 0.15) is 19.5 Å². The summed E-state index contributed by atoms with van der Waals surface area (Å²) in [5.74, 6) is -0.0657. The molecule has 1 aliphatic heterocycles. The van der Waals surface area contributed by atoms with Gasteiger partial charge in [0.05, 0.1) is 24.4 Å². The topological polar surface area (TPSA) is 54.5 Å². The van der Waals surface area contributed by atoms with Gasteiger partial charge in [-0.3, -0.25) is 14.7 Å².